The quantitative estimate of drug-likeness (QED) is 0.483. The minimum Gasteiger partial charge on any atom is -0.145 e. The van der Waals surface area contributed by atoms with Gasteiger partial charge in [-0.25, -0.2) is 0 Å². The summed E-state index contributed by atoms with van der Waals surface area (Å²) in [5, 5.41) is 2.87. The zero-order chi connectivity index (χ0) is 7.40. The molecule has 0 aromatic heterocycles. The first-order valence-corrected chi connectivity index (χ1v) is 4.07. The molecule has 1 aromatic rings. The smallest absolute Gasteiger partial charge is 0.121 e. The molecule has 2 nitrogen and oxygen atoms in total. The third-order valence-electron chi connectivity index (χ3n) is 1.18. The molecule has 0 fully saturated rings. The van der Waals surface area contributed by atoms with Crippen molar-refractivity contribution in [1.29, 1.82) is 0 Å². The Labute approximate surface area is 63.6 Å². The molecule has 0 atom stereocenters. The Kier molecular flexibility index (Phi) is 2.45. The summed E-state index contributed by atoms with van der Waals surface area (Å²) in [7, 11) is 0. The zero-order valence-corrected chi connectivity index (χ0v) is 6.39. The lowest BCUT2D eigenvalue weighted by Gasteiger charge is -1.95. The SMILES string of the molecule is CSc1ccccc1N=O. The first kappa shape index (κ1) is 7.28. The molecule has 0 amide bonds. The summed E-state index contributed by atoms with van der Waals surface area (Å²) >= 11 is 1.53. The molecule has 10 heavy (non-hydrogen) atoms. The van der Waals surface area contributed by atoms with Crippen molar-refractivity contribution in [3.05, 3.63) is 29.2 Å². The van der Waals surface area contributed by atoms with E-state index >= 15 is 0 Å². The predicted octanol–water partition coefficient (Wildman–Crippen LogP) is 2.81. The molecular weight excluding hydrogens is 146 g/mol. The summed E-state index contributed by atoms with van der Waals surface area (Å²) < 4.78 is 0. The average Bonchev–Trinajstić information content (AvgIpc) is 2.04. The van der Waals surface area contributed by atoms with E-state index in [4.69, 9.17) is 0 Å². The van der Waals surface area contributed by atoms with Gasteiger partial charge in [0.15, 0.2) is 0 Å². The number of thioether (sulfide) groups is 1. The number of hydrogen-bond donors (Lipinski definition) is 0. The molecule has 0 spiro atoms. The third kappa shape index (κ3) is 1.36. The molecule has 0 aliphatic carbocycles. The maximum absolute atomic E-state index is 10.1. The number of rotatable bonds is 2. The van der Waals surface area contributed by atoms with Crippen LogP contribution in [0, 0.1) is 4.91 Å². The van der Waals surface area contributed by atoms with Crippen molar-refractivity contribution in [3.63, 3.8) is 0 Å². The van der Waals surface area contributed by atoms with Gasteiger partial charge >= 0.3 is 0 Å². The van der Waals surface area contributed by atoms with Crippen molar-refractivity contribution in [1.82, 2.24) is 0 Å². The normalized spacial score (nSPS) is 9.30. The van der Waals surface area contributed by atoms with Gasteiger partial charge in [-0.05, 0) is 23.6 Å². The van der Waals surface area contributed by atoms with Gasteiger partial charge in [0.1, 0.15) is 5.69 Å². The first-order valence-electron chi connectivity index (χ1n) is 2.85. The lowest BCUT2D eigenvalue weighted by atomic mass is 10.3. The van der Waals surface area contributed by atoms with Crippen LogP contribution >= 0.6 is 11.8 Å². The summed E-state index contributed by atoms with van der Waals surface area (Å²) in [6.07, 6.45) is 1.92. The van der Waals surface area contributed by atoms with E-state index in [0.29, 0.717) is 5.69 Å². The van der Waals surface area contributed by atoms with Crippen LogP contribution < -0.4 is 0 Å². The van der Waals surface area contributed by atoms with Gasteiger partial charge in [-0.2, -0.15) is 0 Å². The summed E-state index contributed by atoms with van der Waals surface area (Å²) in [5.74, 6) is 0. The minimum atomic E-state index is 0.523. The van der Waals surface area contributed by atoms with Crippen molar-refractivity contribution in [2.75, 3.05) is 6.26 Å². The molecule has 0 radical (unpaired) electrons. The van der Waals surface area contributed by atoms with Gasteiger partial charge in [-0.15, -0.1) is 16.7 Å². The van der Waals surface area contributed by atoms with E-state index in [-0.39, 0.29) is 0 Å². The average molecular weight is 153 g/mol. The second kappa shape index (κ2) is 3.37. The van der Waals surface area contributed by atoms with E-state index in [0.717, 1.165) is 4.90 Å². The van der Waals surface area contributed by atoms with Crippen molar-refractivity contribution < 1.29 is 0 Å². The van der Waals surface area contributed by atoms with Crippen LogP contribution in [0.1, 0.15) is 0 Å². The maximum Gasteiger partial charge on any atom is 0.121 e. The Morgan fingerprint density at radius 3 is 2.60 bits per heavy atom. The van der Waals surface area contributed by atoms with Crippen LogP contribution in [0.2, 0.25) is 0 Å². The minimum absolute atomic E-state index is 0.523. The fraction of sp³-hybridized carbons (Fsp3) is 0.143. The highest BCUT2D eigenvalue weighted by Crippen LogP contribution is 2.26. The lowest BCUT2D eigenvalue weighted by molar-refractivity contribution is 1.36. The van der Waals surface area contributed by atoms with E-state index in [9.17, 15) is 4.91 Å². The summed E-state index contributed by atoms with van der Waals surface area (Å²) in [6.45, 7) is 0. The van der Waals surface area contributed by atoms with E-state index in [1.165, 1.54) is 11.8 Å². The van der Waals surface area contributed by atoms with Crippen LogP contribution in [0.15, 0.2) is 34.3 Å². The van der Waals surface area contributed by atoms with Gasteiger partial charge in [0, 0.05) is 4.90 Å². The fourth-order valence-corrected chi connectivity index (χ4v) is 1.23. The van der Waals surface area contributed by atoms with Crippen molar-refractivity contribution >= 4 is 17.4 Å². The van der Waals surface area contributed by atoms with E-state index in [1.807, 2.05) is 18.4 Å². The van der Waals surface area contributed by atoms with Gasteiger partial charge in [0.25, 0.3) is 0 Å². The molecule has 0 unspecified atom stereocenters. The Morgan fingerprint density at radius 1 is 1.40 bits per heavy atom. The standard InChI is InChI=1S/C7H7NOS/c1-10-7-5-3-2-4-6(7)8-9/h2-5H,1H3. The van der Waals surface area contributed by atoms with Gasteiger partial charge in [-0.1, -0.05) is 12.1 Å². The Morgan fingerprint density at radius 2 is 2.10 bits per heavy atom. The summed E-state index contributed by atoms with van der Waals surface area (Å²) in [5.41, 5.74) is 0.523. The van der Waals surface area contributed by atoms with E-state index in [2.05, 4.69) is 5.18 Å². The van der Waals surface area contributed by atoms with E-state index < -0.39 is 0 Å². The monoisotopic (exact) mass is 153 g/mol. The molecule has 52 valence electrons. The van der Waals surface area contributed by atoms with Crippen molar-refractivity contribution in [2.45, 2.75) is 4.90 Å². The van der Waals surface area contributed by atoms with Crippen LogP contribution in [0.25, 0.3) is 0 Å². The second-order valence-electron chi connectivity index (χ2n) is 1.76. The molecule has 3 heteroatoms. The number of hydrogen-bond acceptors (Lipinski definition) is 3. The lowest BCUT2D eigenvalue weighted by Crippen LogP contribution is -1.68. The molecule has 0 saturated heterocycles. The Balaban J connectivity index is 3.08. The number of nitrogens with zero attached hydrogens (tertiary/aromatic N) is 1. The highest BCUT2D eigenvalue weighted by molar-refractivity contribution is 7.98. The summed E-state index contributed by atoms with van der Waals surface area (Å²) in [4.78, 5) is 11.1. The second-order valence-corrected chi connectivity index (χ2v) is 2.61. The molecular formula is C7H7NOS. The van der Waals surface area contributed by atoms with Crippen LogP contribution in [-0.2, 0) is 0 Å². The van der Waals surface area contributed by atoms with Crippen LogP contribution in [0.3, 0.4) is 0 Å². The molecule has 0 bridgehead atoms. The van der Waals surface area contributed by atoms with E-state index in [1.54, 1.807) is 12.1 Å². The molecule has 0 aliphatic heterocycles. The molecule has 0 heterocycles. The van der Waals surface area contributed by atoms with Crippen LogP contribution in [0.4, 0.5) is 5.69 Å². The first-order chi connectivity index (χ1) is 4.88. The molecule has 0 N–H and O–H groups in total. The van der Waals surface area contributed by atoms with Crippen LogP contribution in [-0.4, -0.2) is 6.26 Å². The molecule has 1 rings (SSSR count). The maximum atomic E-state index is 10.1. The molecule has 0 aliphatic rings. The Hall–Kier alpha value is -0.830. The fourth-order valence-electron chi connectivity index (χ4n) is 0.705. The van der Waals surface area contributed by atoms with Gasteiger partial charge < -0.3 is 0 Å². The molecule has 1 aromatic carbocycles. The van der Waals surface area contributed by atoms with Gasteiger partial charge in [0.2, 0.25) is 0 Å². The molecule has 0 saturated carbocycles. The number of benzene rings is 1. The topological polar surface area (TPSA) is 29.4 Å². The largest absolute Gasteiger partial charge is 0.145 e. The highest BCUT2D eigenvalue weighted by Gasteiger charge is 1.96. The summed E-state index contributed by atoms with van der Waals surface area (Å²) in [6, 6.07) is 7.28. The zero-order valence-electron chi connectivity index (χ0n) is 5.57. The predicted molar refractivity (Wildman–Crippen MR) is 43.7 cm³/mol. The Bertz CT molecular complexity index is 237. The number of nitroso groups, excluding NO2 is 1. The van der Waals surface area contributed by atoms with Crippen LogP contribution in [0.5, 0.6) is 0 Å². The third-order valence-corrected chi connectivity index (χ3v) is 1.97. The highest BCUT2D eigenvalue weighted by atomic mass is 32.2. The van der Waals surface area contributed by atoms with Gasteiger partial charge in [0.05, 0.1) is 0 Å². The van der Waals surface area contributed by atoms with Crippen molar-refractivity contribution in [2.24, 2.45) is 5.18 Å². The van der Waals surface area contributed by atoms with Crippen molar-refractivity contribution in [3.8, 4) is 0 Å². The van der Waals surface area contributed by atoms with Gasteiger partial charge in [-0.3, -0.25) is 0 Å².